The first-order valence-corrected chi connectivity index (χ1v) is 5.88. The van der Waals surface area contributed by atoms with E-state index in [0.717, 1.165) is 15.4 Å². The van der Waals surface area contributed by atoms with Gasteiger partial charge in [0.05, 0.1) is 6.61 Å². The smallest absolute Gasteiger partial charge is 0.123 e. The predicted octanol–water partition coefficient (Wildman–Crippen LogP) is 2.42. The van der Waals surface area contributed by atoms with Crippen molar-refractivity contribution >= 4 is 11.3 Å². The Morgan fingerprint density at radius 1 is 1.31 bits per heavy atom. The first-order chi connectivity index (χ1) is 7.83. The van der Waals surface area contributed by atoms with Crippen LogP contribution in [0.1, 0.15) is 10.4 Å². The molecule has 0 aliphatic heterocycles. The van der Waals surface area contributed by atoms with Gasteiger partial charge in [-0.05, 0) is 5.56 Å². The van der Waals surface area contributed by atoms with Gasteiger partial charge < -0.3 is 10.5 Å². The van der Waals surface area contributed by atoms with Crippen LogP contribution in [-0.4, -0.2) is 12.1 Å². The van der Waals surface area contributed by atoms with Gasteiger partial charge in [0.15, 0.2) is 0 Å². The molecule has 16 heavy (non-hydrogen) atoms. The highest BCUT2D eigenvalue weighted by Crippen LogP contribution is 2.25. The molecule has 0 aliphatic rings. The van der Waals surface area contributed by atoms with Crippen LogP contribution in [0.25, 0.3) is 10.6 Å². The van der Waals surface area contributed by atoms with Crippen molar-refractivity contribution in [1.82, 2.24) is 4.98 Å². The second-order valence-corrected chi connectivity index (χ2v) is 4.58. The minimum absolute atomic E-state index is 0.555. The zero-order valence-electron chi connectivity index (χ0n) is 9.14. The number of hydrogen-bond acceptors (Lipinski definition) is 4. The average Bonchev–Trinajstić information content (AvgIpc) is 2.79. The third-order valence-corrected chi connectivity index (χ3v) is 3.34. The number of nitrogens with two attached hydrogens (primary N) is 1. The van der Waals surface area contributed by atoms with E-state index in [-0.39, 0.29) is 0 Å². The normalized spacial score (nSPS) is 10.6. The SMILES string of the molecule is COCc1ccc(-c2ncc(CN)s2)cc1. The number of rotatable bonds is 4. The molecule has 2 N–H and O–H groups in total. The standard InChI is InChI=1S/C12H14N2OS/c1-15-8-9-2-4-10(5-3-9)12-14-7-11(6-13)16-12/h2-5,7H,6,8,13H2,1H3. The molecule has 0 bridgehead atoms. The Labute approximate surface area is 98.9 Å². The molecule has 0 fully saturated rings. The van der Waals surface area contributed by atoms with Crippen LogP contribution in [0, 0.1) is 0 Å². The second kappa shape index (κ2) is 5.21. The van der Waals surface area contributed by atoms with E-state index in [1.54, 1.807) is 18.4 Å². The number of nitrogens with zero attached hydrogens (tertiary/aromatic N) is 1. The van der Waals surface area contributed by atoms with Crippen LogP contribution >= 0.6 is 11.3 Å². The first-order valence-electron chi connectivity index (χ1n) is 5.06. The van der Waals surface area contributed by atoms with Gasteiger partial charge in [-0.2, -0.15) is 0 Å². The lowest BCUT2D eigenvalue weighted by Crippen LogP contribution is -1.91. The summed E-state index contributed by atoms with van der Waals surface area (Å²) in [5.74, 6) is 0. The van der Waals surface area contributed by atoms with Crippen molar-refractivity contribution in [2.24, 2.45) is 5.73 Å². The molecule has 1 aromatic heterocycles. The summed E-state index contributed by atoms with van der Waals surface area (Å²) in [6, 6.07) is 8.24. The average molecular weight is 234 g/mol. The Bertz CT molecular complexity index is 450. The maximum absolute atomic E-state index is 5.56. The van der Waals surface area contributed by atoms with Gasteiger partial charge in [0.1, 0.15) is 5.01 Å². The largest absolute Gasteiger partial charge is 0.380 e. The predicted molar refractivity (Wildman–Crippen MR) is 66.2 cm³/mol. The van der Waals surface area contributed by atoms with Gasteiger partial charge in [-0.3, -0.25) is 0 Å². The molecule has 4 heteroatoms. The van der Waals surface area contributed by atoms with E-state index in [2.05, 4.69) is 29.2 Å². The molecule has 0 unspecified atom stereocenters. The number of benzene rings is 1. The summed E-state index contributed by atoms with van der Waals surface area (Å²) in [6.45, 7) is 1.20. The molecule has 2 rings (SSSR count). The molecular formula is C12H14N2OS. The number of thiazole rings is 1. The zero-order chi connectivity index (χ0) is 11.4. The lowest BCUT2D eigenvalue weighted by molar-refractivity contribution is 0.185. The topological polar surface area (TPSA) is 48.1 Å². The molecule has 84 valence electrons. The van der Waals surface area contributed by atoms with Crippen molar-refractivity contribution < 1.29 is 4.74 Å². The Morgan fingerprint density at radius 2 is 2.06 bits per heavy atom. The molecular weight excluding hydrogens is 220 g/mol. The summed E-state index contributed by atoms with van der Waals surface area (Å²) in [4.78, 5) is 5.45. The van der Waals surface area contributed by atoms with E-state index in [9.17, 15) is 0 Å². The van der Waals surface area contributed by atoms with Gasteiger partial charge in [-0.25, -0.2) is 4.98 Å². The summed E-state index contributed by atoms with van der Waals surface area (Å²) in [7, 11) is 1.70. The monoisotopic (exact) mass is 234 g/mol. The zero-order valence-corrected chi connectivity index (χ0v) is 9.96. The van der Waals surface area contributed by atoms with E-state index in [0.29, 0.717) is 13.2 Å². The molecule has 0 atom stereocenters. The number of hydrogen-bond donors (Lipinski definition) is 1. The van der Waals surface area contributed by atoms with Crippen molar-refractivity contribution in [3.8, 4) is 10.6 Å². The van der Waals surface area contributed by atoms with E-state index < -0.39 is 0 Å². The number of methoxy groups -OCH3 is 1. The van der Waals surface area contributed by atoms with Crippen LogP contribution in [0.2, 0.25) is 0 Å². The van der Waals surface area contributed by atoms with E-state index in [4.69, 9.17) is 10.5 Å². The fourth-order valence-corrected chi connectivity index (χ4v) is 2.24. The molecule has 0 saturated carbocycles. The van der Waals surface area contributed by atoms with Crippen LogP contribution in [-0.2, 0) is 17.9 Å². The summed E-state index contributed by atoms with van der Waals surface area (Å²) in [5, 5.41) is 1.02. The van der Waals surface area contributed by atoms with Gasteiger partial charge in [0, 0.05) is 30.3 Å². The highest BCUT2D eigenvalue weighted by atomic mass is 32.1. The Morgan fingerprint density at radius 3 is 2.62 bits per heavy atom. The van der Waals surface area contributed by atoms with Crippen molar-refractivity contribution in [2.45, 2.75) is 13.2 Å². The van der Waals surface area contributed by atoms with Crippen LogP contribution in [0.5, 0.6) is 0 Å². The lowest BCUT2D eigenvalue weighted by Gasteiger charge is -2.00. The first kappa shape index (κ1) is 11.3. The lowest BCUT2D eigenvalue weighted by atomic mass is 10.1. The molecule has 0 aliphatic carbocycles. The minimum Gasteiger partial charge on any atom is -0.380 e. The summed E-state index contributed by atoms with van der Waals surface area (Å²) in [6.07, 6.45) is 1.84. The number of aromatic nitrogens is 1. The second-order valence-electron chi connectivity index (χ2n) is 3.47. The maximum Gasteiger partial charge on any atom is 0.123 e. The fraction of sp³-hybridized carbons (Fsp3) is 0.250. The fourth-order valence-electron chi connectivity index (χ4n) is 1.45. The highest BCUT2D eigenvalue weighted by Gasteiger charge is 2.03. The van der Waals surface area contributed by atoms with Gasteiger partial charge in [-0.1, -0.05) is 24.3 Å². The van der Waals surface area contributed by atoms with Crippen molar-refractivity contribution in [3.05, 3.63) is 40.9 Å². The van der Waals surface area contributed by atoms with Gasteiger partial charge in [0.2, 0.25) is 0 Å². The van der Waals surface area contributed by atoms with Crippen LogP contribution in [0.4, 0.5) is 0 Å². The van der Waals surface area contributed by atoms with Crippen molar-refractivity contribution in [2.75, 3.05) is 7.11 Å². The molecule has 2 aromatic rings. The van der Waals surface area contributed by atoms with Crippen LogP contribution in [0.3, 0.4) is 0 Å². The quantitative estimate of drug-likeness (QED) is 0.883. The molecule has 0 saturated heterocycles. The molecule has 0 radical (unpaired) electrons. The van der Waals surface area contributed by atoms with Crippen molar-refractivity contribution in [3.63, 3.8) is 0 Å². The van der Waals surface area contributed by atoms with Crippen LogP contribution < -0.4 is 5.73 Å². The third kappa shape index (κ3) is 2.47. The molecule has 1 heterocycles. The highest BCUT2D eigenvalue weighted by molar-refractivity contribution is 7.15. The summed E-state index contributed by atoms with van der Waals surface area (Å²) < 4.78 is 5.07. The van der Waals surface area contributed by atoms with Crippen LogP contribution in [0.15, 0.2) is 30.5 Å². The van der Waals surface area contributed by atoms with E-state index >= 15 is 0 Å². The molecule has 1 aromatic carbocycles. The molecule has 0 spiro atoms. The Hall–Kier alpha value is -1.23. The van der Waals surface area contributed by atoms with E-state index in [1.807, 2.05) is 6.20 Å². The number of ether oxygens (including phenoxy) is 1. The molecule has 3 nitrogen and oxygen atoms in total. The minimum atomic E-state index is 0.555. The third-order valence-electron chi connectivity index (χ3n) is 2.27. The van der Waals surface area contributed by atoms with E-state index in [1.165, 1.54) is 5.56 Å². The van der Waals surface area contributed by atoms with Gasteiger partial charge in [0.25, 0.3) is 0 Å². The Kier molecular flexibility index (Phi) is 3.66. The van der Waals surface area contributed by atoms with Crippen molar-refractivity contribution in [1.29, 1.82) is 0 Å². The maximum atomic E-state index is 5.56. The summed E-state index contributed by atoms with van der Waals surface area (Å²) >= 11 is 1.64. The molecule has 0 amide bonds. The van der Waals surface area contributed by atoms with Gasteiger partial charge >= 0.3 is 0 Å². The van der Waals surface area contributed by atoms with Gasteiger partial charge in [-0.15, -0.1) is 11.3 Å². The Balaban J connectivity index is 2.20. The summed E-state index contributed by atoms with van der Waals surface area (Å²) in [5.41, 5.74) is 7.86.